The van der Waals surface area contributed by atoms with Crippen molar-refractivity contribution in [1.29, 1.82) is 0 Å². The number of thiocarbonyl (C=S) groups is 2. The number of nitrogens with one attached hydrogen (secondary N) is 2. The predicted octanol–water partition coefficient (Wildman–Crippen LogP) is -0.225. The Kier molecular flexibility index (Phi) is 7.20. The highest BCUT2D eigenvalue weighted by atomic mass is 32.1. The molecule has 0 bridgehead atoms. The predicted molar refractivity (Wildman–Crippen MR) is 109 cm³/mol. The van der Waals surface area contributed by atoms with E-state index in [0.717, 1.165) is 0 Å². The normalized spacial score (nSPS) is 17.0. The third-order valence-corrected chi connectivity index (χ3v) is 4.97. The fourth-order valence-electron chi connectivity index (χ4n) is 2.70. The molecule has 0 aliphatic carbocycles. The van der Waals surface area contributed by atoms with E-state index in [1.807, 2.05) is 9.80 Å². The molecule has 0 spiro atoms. The number of hydrogen-bond acceptors (Lipinski definition) is 7. The molecule has 0 saturated carbocycles. The minimum atomic E-state index is -0.470. The first-order chi connectivity index (χ1) is 13.5. The Hall–Kier alpha value is -2.21. The molecule has 1 aromatic heterocycles. The Balaban J connectivity index is 1.59. The first-order valence-corrected chi connectivity index (χ1v) is 9.69. The number of nitrogens with zero attached hydrogens (tertiary/aromatic N) is 3. The van der Waals surface area contributed by atoms with Crippen LogP contribution < -0.4 is 10.6 Å². The van der Waals surface area contributed by atoms with Crippen LogP contribution in [0.4, 0.5) is 0 Å². The molecule has 150 valence electrons. The summed E-state index contributed by atoms with van der Waals surface area (Å²) >= 11 is 10.5. The van der Waals surface area contributed by atoms with Gasteiger partial charge in [0.15, 0.2) is 10.2 Å². The minimum absolute atomic E-state index is 0.0977. The average molecular weight is 424 g/mol. The van der Waals surface area contributed by atoms with Gasteiger partial charge in [-0.2, -0.15) is 0 Å². The largest absolute Gasteiger partial charge is 0.378 e. The van der Waals surface area contributed by atoms with Gasteiger partial charge in [0, 0.05) is 26.2 Å². The maximum atomic E-state index is 12.4. The summed E-state index contributed by atoms with van der Waals surface area (Å²) in [5.74, 6) is -0.941. The van der Waals surface area contributed by atoms with Crippen LogP contribution in [-0.4, -0.2) is 89.4 Å². The Morgan fingerprint density at radius 1 is 0.821 bits per heavy atom. The lowest BCUT2D eigenvalue weighted by Crippen LogP contribution is -2.48. The highest BCUT2D eigenvalue weighted by Crippen LogP contribution is 2.04. The van der Waals surface area contributed by atoms with E-state index in [4.69, 9.17) is 33.9 Å². The lowest BCUT2D eigenvalue weighted by atomic mass is 10.2. The summed E-state index contributed by atoms with van der Waals surface area (Å²) in [6, 6.07) is 4.63. The van der Waals surface area contributed by atoms with E-state index >= 15 is 0 Å². The number of carbonyl (C=O) groups excluding carboxylic acids is 2. The zero-order chi connectivity index (χ0) is 19.9. The van der Waals surface area contributed by atoms with Gasteiger partial charge in [-0.1, -0.05) is 6.07 Å². The van der Waals surface area contributed by atoms with Crippen LogP contribution in [0, 0.1) is 0 Å². The lowest BCUT2D eigenvalue weighted by Gasteiger charge is -2.29. The highest BCUT2D eigenvalue weighted by molar-refractivity contribution is 7.80. The molecule has 11 heteroatoms. The number of pyridine rings is 1. The number of amides is 2. The Labute approximate surface area is 173 Å². The van der Waals surface area contributed by atoms with Crippen LogP contribution in [0.3, 0.4) is 0 Å². The molecule has 9 nitrogen and oxygen atoms in total. The average Bonchev–Trinajstić information content (AvgIpc) is 2.75. The van der Waals surface area contributed by atoms with Gasteiger partial charge in [0.05, 0.1) is 26.4 Å². The zero-order valence-electron chi connectivity index (χ0n) is 15.2. The van der Waals surface area contributed by atoms with Gasteiger partial charge in [-0.05, 0) is 36.6 Å². The summed E-state index contributed by atoms with van der Waals surface area (Å²) in [6.45, 7) is 4.73. The van der Waals surface area contributed by atoms with E-state index < -0.39 is 11.8 Å². The maximum Gasteiger partial charge on any atom is 0.276 e. The van der Waals surface area contributed by atoms with Crippen LogP contribution in [0.2, 0.25) is 0 Å². The van der Waals surface area contributed by atoms with Gasteiger partial charge in [-0.25, -0.2) is 4.98 Å². The SMILES string of the molecule is O=C(NC(=S)N1CCOCC1)c1cccc(C(=O)NC(=S)N2CCOCC2)n1. The van der Waals surface area contributed by atoms with Gasteiger partial charge in [0.25, 0.3) is 11.8 Å². The molecule has 2 N–H and O–H groups in total. The molecule has 3 rings (SSSR count). The van der Waals surface area contributed by atoms with Gasteiger partial charge >= 0.3 is 0 Å². The molecule has 0 aromatic carbocycles. The van der Waals surface area contributed by atoms with Crippen LogP contribution in [0.1, 0.15) is 21.0 Å². The zero-order valence-corrected chi connectivity index (χ0v) is 16.8. The van der Waals surface area contributed by atoms with Gasteiger partial charge in [0.2, 0.25) is 0 Å². The summed E-state index contributed by atoms with van der Waals surface area (Å²) in [5, 5.41) is 5.93. The Bertz CT molecular complexity index is 704. The van der Waals surface area contributed by atoms with Gasteiger partial charge < -0.3 is 19.3 Å². The standard InChI is InChI=1S/C17H21N5O4S2/c23-14(19-16(27)21-4-8-25-9-5-21)12-2-1-3-13(18-12)15(24)20-17(28)22-6-10-26-11-7-22/h1-3H,4-11H2,(H,19,23,27)(H,20,24,28). The number of hydrogen-bond donors (Lipinski definition) is 2. The molecule has 0 radical (unpaired) electrons. The quantitative estimate of drug-likeness (QED) is 0.626. The van der Waals surface area contributed by atoms with E-state index in [1.165, 1.54) is 12.1 Å². The molecular weight excluding hydrogens is 402 g/mol. The summed E-state index contributed by atoms with van der Waals surface area (Å²) in [7, 11) is 0. The molecule has 2 aliphatic rings. The summed E-state index contributed by atoms with van der Waals surface area (Å²) in [4.78, 5) is 32.7. The summed E-state index contributed by atoms with van der Waals surface area (Å²) < 4.78 is 10.5. The van der Waals surface area contributed by atoms with Crippen LogP contribution >= 0.6 is 24.4 Å². The van der Waals surface area contributed by atoms with Gasteiger partial charge in [0.1, 0.15) is 11.4 Å². The van der Waals surface area contributed by atoms with E-state index in [-0.39, 0.29) is 11.4 Å². The van der Waals surface area contributed by atoms with Crippen molar-refractivity contribution in [2.24, 2.45) is 0 Å². The molecule has 0 atom stereocenters. The van der Waals surface area contributed by atoms with Crippen LogP contribution in [-0.2, 0) is 9.47 Å². The molecule has 28 heavy (non-hydrogen) atoms. The summed E-state index contributed by atoms with van der Waals surface area (Å²) in [5.41, 5.74) is 0.195. The number of carbonyl (C=O) groups is 2. The van der Waals surface area contributed by atoms with Crippen molar-refractivity contribution in [3.63, 3.8) is 0 Å². The molecular formula is C17H21N5O4S2. The van der Waals surface area contributed by atoms with E-state index in [9.17, 15) is 9.59 Å². The van der Waals surface area contributed by atoms with Crippen molar-refractivity contribution in [2.75, 3.05) is 52.6 Å². The topological polar surface area (TPSA) is 96.0 Å². The second-order valence-corrected chi connectivity index (χ2v) is 6.90. The molecule has 2 aliphatic heterocycles. The monoisotopic (exact) mass is 423 g/mol. The second kappa shape index (κ2) is 9.82. The van der Waals surface area contributed by atoms with Crippen LogP contribution in [0.5, 0.6) is 0 Å². The summed E-state index contributed by atoms with van der Waals surface area (Å²) in [6.07, 6.45) is 0. The van der Waals surface area contributed by atoms with Crippen LogP contribution in [0.25, 0.3) is 0 Å². The third kappa shape index (κ3) is 5.41. The second-order valence-electron chi connectivity index (χ2n) is 6.13. The van der Waals surface area contributed by atoms with Crippen molar-refractivity contribution < 1.29 is 19.1 Å². The Morgan fingerprint density at radius 2 is 1.21 bits per heavy atom. The molecule has 0 unspecified atom stereocenters. The highest BCUT2D eigenvalue weighted by Gasteiger charge is 2.20. The number of morpholine rings is 2. The van der Waals surface area contributed by atoms with Crippen molar-refractivity contribution in [3.05, 3.63) is 29.6 Å². The minimum Gasteiger partial charge on any atom is -0.378 e. The van der Waals surface area contributed by atoms with Gasteiger partial charge in [-0.3, -0.25) is 20.2 Å². The molecule has 1 aromatic rings. The van der Waals surface area contributed by atoms with Crippen molar-refractivity contribution in [2.45, 2.75) is 0 Å². The number of ether oxygens (including phenoxy) is 2. The maximum absolute atomic E-state index is 12.4. The van der Waals surface area contributed by atoms with Crippen LogP contribution in [0.15, 0.2) is 18.2 Å². The van der Waals surface area contributed by atoms with E-state index in [2.05, 4.69) is 15.6 Å². The van der Waals surface area contributed by atoms with Crippen molar-refractivity contribution >= 4 is 46.5 Å². The fraction of sp³-hybridized carbons (Fsp3) is 0.471. The number of aromatic nitrogens is 1. The fourth-order valence-corrected chi connectivity index (χ4v) is 3.25. The first kappa shape index (κ1) is 20.5. The lowest BCUT2D eigenvalue weighted by molar-refractivity contribution is 0.0668. The van der Waals surface area contributed by atoms with Crippen molar-refractivity contribution in [1.82, 2.24) is 25.4 Å². The molecule has 2 fully saturated rings. The van der Waals surface area contributed by atoms with Gasteiger partial charge in [-0.15, -0.1) is 0 Å². The molecule has 2 saturated heterocycles. The molecule has 2 amide bonds. The smallest absolute Gasteiger partial charge is 0.276 e. The molecule has 3 heterocycles. The first-order valence-electron chi connectivity index (χ1n) is 8.87. The van der Waals surface area contributed by atoms with E-state index in [1.54, 1.807) is 6.07 Å². The number of rotatable bonds is 2. The Morgan fingerprint density at radius 3 is 1.61 bits per heavy atom. The van der Waals surface area contributed by atoms with E-state index in [0.29, 0.717) is 62.8 Å². The van der Waals surface area contributed by atoms with Crippen molar-refractivity contribution in [3.8, 4) is 0 Å². The third-order valence-electron chi connectivity index (χ3n) is 4.25.